The topological polar surface area (TPSA) is 39.8 Å². The molecule has 0 unspecified atom stereocenters. The maximum atomic E-state index is 13.1. The van der Waals surface area contributed by atoms with Gasteiger partial charge in [0, 0.05) is 23.6 Å². The summed E-state index contributed by atoms with van der Waals surface area (Å²) >= 11 is 0. The van der Waals surface area contributed by atoms with E-state index < -0.39 is 0 Å². The van der Waals surface area contributed by atoms with Crippen molar-refractivity contribution in [3.8, 4) is 5.69 Å². The third-order valence-corrected chi connectivity index (χ3v) is 5.96. The second kappa shape index (κ2) is 8.76. The second-order valence-electron chi connectivity index (χ2n) is 8.38. The Labute approximate surface area is 183 Å². The van der Waals surface area contributed by atoms with Crippen molar-refractivity contribution in [2.45, 2.75) is 46.6 Å². The number of hydrogen-bond acceptors (Lipinski definition) is 2. The van der Waals surface area contributed by atoms with Crippen LogP contribution in [-0.4, -0.2) is 14.1 Å². The molecule has 0 spiro atoms. The minimum atomic E-state index is 0.00761. The maximum absolute atomic E-state index is 13.1. The summed E-state index contributed by atoms with van der Waals surface area (Å²) in [6.07, 6.45) is 7.33. The average Bonchev–Trinajstić information content (AvgIpc) is 3.19. The molecule has 31 heavy (non-hydrogen) atoms. The van der Waals surface area contributed by atoms with E-state index in [9.17, 15) is 4.79 Å². The third-order valence-electron chi connectivity index (χ3n) is 5.96. The summed E-state index contributed by atoms with van der Waals surface area (Å²) in [5, 5.41) is 0. The van der Waals surface area contributed by atoms with Crippen molar-refractivity contribution in [2.24, 2.45) is 0 Å². The minimum Gasteiger partial charge on any atom is -0.308 e. The highest BCUT2D eigenvalue weighted by Crippen LogP contribution is 2.19. The Bertz CT molecular complexity index is 1250. The van der Waals surface area contributed by atoms with Crippen LogP contribution in [0.25, 0.3) is 5.69 Å². The summed E-state index contributed by atoms with van der Waals surface area (Å²) in [6.45, 7) is 8.27. The van der Waals surface area contributed by atoms with Crippen molar-refractivity contribution in [1.29, 1.82) is 0 Å². The lowest BCUT2D eigenvalue weighted by Gasteiger charge is -2.17. The molecule has 2 aromatic heterocycles. The van der Waals surface area contributed by atoms with Crippen molar-refractivity contribution in [1.82, 2.24) is 14.1 Å². The SMILES string of the molecule is Cc1ccc([C@H](C)n2cccc(CCc3ccc(-n4cnc(C)c4)c(C)c3)c2=O)cc1. The summed E-state index contributed by atoms with van der Waals surface area (Å²) in [6, 6.07) is 18.8. The lowest BCUT2D eigenvalue weighted by molar-refractivity contribution is 0.607. The van der Waals surface area contributed by atoms with E-state index >= 15 is 0 Å². The Morgan fingerprint density at radius 1 is 0.968 bits per heavy atom. The quantitative estimate of drug-likeness (QED) is 0.429. The first-order chi connectivity index (χ1) is 14.9. The number of nitrogens with zero attached hydrogens (tertiary/aromatic N) is 3. The van der Waals surface area contributed by atoms with Crippen LogP contribution in [-0.2, 0) is 12.8 Å². The molecule has 0 aliphatic rings. The van der Waals surface area contributed by atoms with E-state index in [1.807, 2.05) is 42.3 Å². The summed E-state index contributed by atoms with van der Waals surface area (Å²) in [4.78, 5) is 17.4. The molecule has 0 saturated heterocycles. The number of pyridine rings is 1. The Morgan fingerprint density at radius 2 is 1.74 bits per heavy atom. The largest absolute Gasteiger partial charge is 0.308 e. The number of aryl methyl sites for hydroxylation is 5. The molecular formula is C27H29N3O. The van der Waals surface area contributed by atoms with E-state index in [1.165, 1.54) is 16.7 Å². The normalized spacial score (nSPS) is 12.1. The molecule has 0 amide bonds. The monoisotopic (exact) mass is 411 g/mol. The molecule has 4 aromatic rings. The van der Waals surface area contributed by atoms with Crippen LogP contribution in [0.1, 0.15) is 46.5 Å². The van der Waals surface area contributed by atoms with Gasteiger partial charge in [-0.2, -0.15) is 0 Å². The number of hydrogen-bond donors (Lipinski definition) is 0. The van der Waals surface area contributed by atoms with Crippen LogP contribution in [0, 0.1) is 20.8 Å². The Morgan fingerprint density at radius 3 is 2.42 bits per heavy atom. The number of imidazole rings is 1. The lowest BCUT2D eigenvalue weighted by Crippen LogP contribution is -2.26. The Balaban J connectivity index is 1.51. The van der Waals surface area contributed by atoms with Gasteiger partial charge in [-0.05, 0) is 69.4 Å². The third kappa shape index (κ3) is 4.53. The van der Waals surface area contributed by atoms with Crippen LogP contribution in [0.3, 0.4) is 0 Å². The fraction of sp³-hybridized carbons (Fsp3) is 0.259. The zero-order chi connectivity index (χ0) is 22.0. The van der Waals surface area contributed by atoms with Gasteiger partial charge in [0.2, 0.25) is 0 Å². The van der Waals surface area contributed by atoms with E-state index in [-0.39, 0.29) is 11.6 Å². The summed E-state index contributed by atoms with van der Waals surface area (Å²) < 4.78 is 3.90. The van der Waals surface area contributed by atoms with Gasteiger partial charge in [-0.1, -0.05) is 48.0 Å². The van der Waals surface area contributed by atoms with Gasteiger partial charge in [0.1, 0.15) is 0 Å². The first-order valence-electron chi connectivity index (χ1n) is 10.8. The molecule has 0 bridgehead atoms. The molecule has 0 radical (unpaired) electrons. The lowest BCUT2D eigenvalue weighted by atomic mass is 10.0. The number of rotatable bonds is 6. The molecule has 4 heteroatoms. The molecule has 1 atom stereocenters. The molecule has 4 rings (SSSR count). The van der Waals surface area contributed by atoms with Gasteiger partial charge in [0.15, 0.2) is 0 Å². The minimum absolute atomic E-state index is 0.00761. The van der Waals surface area contributed by atoms with Crippen LogP contribution in [0.2, 0.25) is 0 Å². The summed E-state index contributed by atoms with van der Waals surface area (Å²) in [5.74, 6) is 0. The Hall–Kier alpha value is -3.40. The van der Waals surface area contributed by atoms with E-state index in [0.717, 1.165) is 35.3 Å². The molecule has 0 saturated carbocycles. The number of aromatic nitrogens is 3. The van der Waals surface area contributed by atoms with Gasteiger partial charge in [0.25, 0.3) is 5.56 Å². The second-order valence-corrected chi connectivity index (χ2v) is 8.38. The molecule has 4 nitrogen and oxygen atoms in total. The fourth-order valence-corrected chi connectivity index (χ4v) is 4.05. The number of benzene rings is 2. The molecule has 158 valence electrons. The highest BCUT2D eigenvalue weighted by Gasteiger charge is 2.12. The van der Waals surface area contributed by atoms with Crippen LogP contribution in [0.15, 0.2) is 78.1 Å². The first-order valence-corrected chi connectivity index (χ1v) is 10.8. The van der Waals surface area contributed by atoms with Gasteiger partial charge >= 0.3 is 0 Å². The molecule has 0 fully saturated rings. The molecule has 2 heterocycles. The van der Waals surface area contributed by atoms with Crippen LogP contribution < -0.4 is 5.56 Å². The molecule has 0 N–H and O–H groups in total. The summed E-state index contributed by atoms with van der Waals surface area (Å²) in [5.41, 5.74) is 7.90. The van der Waals surface area contributed by atoms with Gasteiger partial charge < -0.3 is 9.13 Å². The van der Waals surface area contributed by atoms with Crippen molar-refractivity contribution in [2.75, 3.05) is 0 Å². The maximum Gasteiger partial charge on any atom is 0.254 e. The van der Waals surface area contributed by atoms with Gasteiger partial charge in [-0.3, -0.25) is 4.79 Å². The Kier molecular flexibility index (Phi) is 5.90. The standard InChI is InChI=1S/C27H29N3O/c1-19-7-11-24(12-8-19)22(4)30-15-5-6-25(27(30)31)13-9-23-10-14-26(20(2)16-23)29-17-21(3)28-18-29/h5-8,10-12,14-18,22H,9,13H2,1-4H3/t22-/m0/s1. The highest BCUT2D eigenvalue weighted by molar-refractivity contribution is 5.43. The van der Waals surface area contributed by atoms with Gasteiger partial charge in [-0.15, -0.1) is 0 Å². The van der Waals surface area contributed by atoms with Crippen LogP contribution in [0.4, 0.5) is 0 Å². The highest BCUT2D eigenvalue weighted by atomic mass is 16.1. The summed E-state index contributed by atoms with van der Waals surface area (Å²) in [7, 11) is 0. The van der Waals surface area contributed by atoms with Gasteiger partial charge in [0.05, 0.1) is 18.1 Å². The molecular weight excluding hydrogens is 382 g/mol. The van der Waals surface area contributed by atoms with E-state index in [4.69, 9.17) is 0 Å². The van der Waals surface area contributed by atoms with Gasteiger partial charge in [-0.25, -0.2) is 4.98 Å². The fourth-order valence-electron chi connectivity index (χ4n) is 4.05. The zero-order valence-corrected chi connectivity index (χ0v) is 18.7. The molecule has 2 aromatic carbocycles. The molecule has 0 aliphatic heterocycles. The van der Waals surface area contributed by atoms with E-state index in [2.05, 4.69) is 72.8 Å². The zero-order valence-electron chi connectivity index (χ0n) is 18.7. The van der Waals surface area contributed by atoms with Crippen molar-refractivity contribution >= 4 is 0 Å². The first kappa shape index (κ1) is 20.9. The van der Waals surface area contributed by atoms with E-state index in [1.54, 1.807) is 0 Å². The van der Waals surface area contributed by atoms with E-state index in [0.29, 0.717) is 0 Å². The van der Waals surface area contributed by atoms with Crippen molar-refractivity contribution < 1.29 is 0 Å². The van der Waals surface area contributed by atoms with Crippen molar-refractivity contribution in [3.05, 3.63) is 117 Å². The smallest absolute Gasteiger partial charge is 0.254 e. The average molecular weight is 412 g/mol. The molecule has 0 aliphatic carbocycles. The predicted molar refractivity (Wildman–Crippen MR) is 126 cm³/mol. The predicted octanol–water partition coefficient (Wildman–Crippen LogP) is 5.35. The van der Waals surface area contributed by atoms with Crippen LogP contribution in [0.5, 0.6) is 0 Å². The van der Waals surface area contributed by atoms with Crippen LogP contribution >= 0.6 is 0 Å². The van der Waals surface area contributed by atoms with Crippen molar-refractivity contribution in [3.63, 3.8) is 0 Å².